The van der Waals surface area contributed by atoms with Gasteiger partial charge in [-0.3, -0.25) is 0 Å². The maximum Gasteiger partial charge on any atom is 0.106 e. The van der Waals surface area contributed by atoms with E-state index in [1.54, 1.807) is 13.8 Å². The number of nitrogens with zero attached hydrogens (tertiary/aromatic N) is 1. The summed E-state index contributed by atoms with van der Waals surface area (Å²) in [6.07, 6.45) is 0.759. The standard InChI is InChI=1S/C11H16BrNO2/c1-11(2,14)8-15-7-6-9-4-3-5-10(12)13-9/h3-5,14H,6-8H2,1-2H3. The van der Waals surface area contributed by atoms with Gasteiger partial charge >= 0.3 is 0 Å². The van der Waals surface area contributed by atoms with Gasteiger partial charge in [0.15, 0.2) is 0 Å². The Morgan fingerprint density at radius 1 is 1.47 bits per heavy atom. The average Bonchev–Trinajstić information content (AvgIpc) is 2.11. The molecule has 1 aromatic heterocycles. The third-order valence-corrected chi connectivity index (χ3v) is 2.17. The summed E-state index contributed by atoms with van der Waals surface area (Å²) in [4.78, 5) is 4.28. The summed E-state index contributed by atoms with van der Waals surface area (Å²) < 4.78 is 6.17. The lowest BCUT2D eigenvalue weighted by molar-refractivity contribution is -0.0199. The van der Waals surface area contributed by atoms with E-state index in [0.717, 1.165) is 16.7 Å². The van der Waals surface area contributed by atoms with Crippen molar-refractivity contribution in [2.75, 3.05) is 13.2 Å². The van der Waals surface area contributed by atoms with Gasteiger partial charge in [0.05, 0.1) is 18.8 Å². The smallest absolute Gasteiger partial charge is 0.106 e. The minimum Gasteiger partial charge on any atom is -0.388 e. The van der Waals surface area contributed by atoms with E-state index < -0.39 is 5.60 Å². The Hall–Kier alpha value is -0.450. The molecule has 1 rings (SSSR count). The lowest BCUT2D eigenvalue weighted by Crippen LogP contribution is -2.26. The molecule has 84 valence electrons. The van der Waals surface area contributed by atoms with Gasteiger partial charge in [0.25, 0.3) is 0 Å². The van der Waals surface area contributed by atoms with E-state index in [4.69, 9.17) is 4.74 Å². The van der Waals surface area contributed by atoms with Crippen molar-refractivity contribution in [3.05, 3.63) is 28.5 Å². The molecule has 0 fully saturated rings. The second-order valence-electron chi connectivity index (χ2n) is 4.07. The molecule has 1 heterocycles. The number of hydrogen-bond acceptors (Lipinski definition) is 3. The van der Waals surface area contributed by atoms with Crippen LogP contribution in [0.2, 0.25) is 0 Å². The zero-order valence-corrected chi connectivity index (χ0v) is 10.6. The van der Waals surface area contributed by atoms with Crippen molar-refractivity contribution < 1.29 is 9.84 Å². The predicted octanol–water partition coefficient (Wildman–Crippen LogP) is 2.17. The third kappa shape index (κ3) is 5.87. The molecule has 0 amide bonds. The van der Waals surface area contributed by atoms with Gasteiger partial charge in [-0.25, -0.2) is 4.98 Å². The summed E-state index contributed by atoms with van der Waals surface area (Å²) in [6.45, 7) is 4.38. The van der Waals surface area contributed by atoms with Gasteiger partial charge in [-0.05, 0) is 41.9 Å². The lowest BCUT2D eigenvalue weighted by atomic mass is 10.2. The highest BCUT2D eigenvalue weighted by Gasteiger charge is 2.11. The SMILES string of the molecule is CC(C)(O)COCCc1cccc(Br)n1. The minimum absolute atomic E-state index is 0.348. The van der Waals surface area contributed by atoms with E-state index in [-0.39, 0.29) is 0 Å². The Kier molecular flexibility index (Phi) is 4.70. The number of aliphatic hydroxyl groups is 1. The van der Waals surface area contributed by atoms with Crippen molar-refractivity contribution in [3.63, 3.8) is 0 Å². The summed E-state index contributed by atoms with van der Waals surface area (Å²) in [6, 6.07) is 5.79. The molecule has 0 saturated carbocycles. The molecule has 0 aliphatic heterocycles. The molecular formula is C11H16BrNO2. The van der Waals surface area contributed by atoms with Gasteiger partial charge in [-0.2, -0.15) is 0 Å². The van der Waals surface area contributed by atoms with Gasteiger partial charge in [0.1, 0.15) is 4.60 Å². The Bertz CT molecular complexity index is 310. The molecule has 0 aromatic carbocycles. The van der Waals surface area contributed by atoms with Gasteiger partial charge in [0.2, 0.25) is 0 Å². The van der Waals surface area contributed by atoms with Crippen molar-refractivity contribution in [1.82, 2.24) is 4.98 Å². The van der Waals surface area contributed by atoms with E-state index in [1.807, 2.05) is 18.2 Å². The maximum absolute atomic E-state index is 9.41. The highest BCUT2D eigenvalue weighted by molar-refractivity contribution is 9.10. The molecule has 0 atom stereocenters. The maximum atomic E-state index is 9.41. The van der Waals surface area contributed by atoms with Crippen LogP contribution in [-0.2, 0) is 11.2 Å². The first kappa shape index (κ1) is 12.6. The van der Waals surface area contributed by atoms with Crippen LogP contribution in [0.15, 0.2) is 22.8 Å². The summed E-state index contributed by atoms with van der Waals surface area (Å²) >= 11 is 3.31. The second kappa shape index (κ2) is 5.58. The summed E-state index contributed by atoms with van der Waals surface area (Å²) in [5, 5.41) is 9.41. The monoisotopic (exact) mass is 273 g/mol. The molecule has 0 unspecified atom stereocenters. The molecule has 4 heteroatoms. The van der Waals surface area contributed by atoms with E-state index in [0.29, 0.717) is 13.2 Å². The molecule has 1 N–H and O–H groups in total. The lowest BCUT2D eigenvalue weighted by Gasteiger charge is -2.16. The van der Waals surface area contributed by atoms with Gasteiger partial charge < -0.3 is 9.84 Å². The molecule has 0 bridgehead atoms. The summed E-state index contributed by atoms with van der Waals surface area (Å²) in [5.74, 6) is 0. The van der Waals surface area contributed by atoms with Crippen molar-refractivity contribution in [1.29, 1.82) is 0 Å². The fraction of sp³-hybridized carbons (Fsp3) is 0.545. The van der Waals surface area contributed by atoms with Crippen LogP contribution in [0, 0.1) is 0 Å². The van der Waals surface area contributed by atoms with Crippen molar-refractivity contribution in [2.24, 2.45) is 0 Å². The van der Waals surface area contributed by atoms with Crippen LogP contribution in [0.3, 0.4) is 0 Å². The molecule has 0 aliphatic rings. The van der Waals surface area contributed by atoms with Gasteiger partial charge in [0, 0.05) is 12.1 Å². The number of rotatable bonds is 5. The highest BCUT2D eigenvalue weighted by atomic mass is 79.9. The van der Waals surface area contributed by atoms with Crippen molar-refractivity contribution >= 4 is 15.9 Å². The number of pyridine rings is 1. The first-order chi connectivity index (χ1) is 6.97. The number of hydrogen-bond donors (Lipinski definition) is 1. The molecule has 0 spiro atoms. The molecule has 0 radical (unpaired) electrons. The Morgan fingerprint density at radius 2 is 2.20 bits per heavy atom. The quantitative estimate of drug-likeness (QED) is 0.661. The number of aromatic nitrogens is 1. The van der Waals surface area contributed by atoms with Gasteiger partial charge in [-0.1, -0.05) is 6.07 Å². The molecule has 0 aliphatic carbocycles. The summed E-state index contributed by atoms with van der Waals surface area (Å²) in [7, 11) is 0. The normalized spacial score (nSPS) is 11.7. The average molecular weight is 274 g/mol. The predicted molar refractivity (Wildman–Crippen MR) is 62.8 cm³/mol. The molecule has 0 saturated heterocycles. The second-order valence-corrected chi connectivity index (χ2v) is 4.88. The number of halogens is 1. The Morgan fingerprint density at radius 3 is 2.80 bits per heavy atom. The Labute approximate surface area is 98.6 Å². The highest BCUT2D eigenvalue weighted by Crippen LogP contribution is 2.07. The first-order valence-electron chi connectivity index (χ1n) is 4.89. The first-order valence-corrected chi connectivity index (χ1v) is 5.68. The fourth-order valence-corrected chi connectivity index (χ4v) is 1.47. The fourth-order valence-electron chi connectivity index (χ4n) is 1.09. The Balaban J connectivity index is 2.26. The third-order valence-electron chi connectivity index (χ3n) is 1.73. The summed E-state index contributed by atoms with van der Waals surface area (Å²) in [5.41, 5.74) is 0.227. The van der Waals surface area contributed by atoms with E-state index >= 15 is 0 Å². The van der Waals surface area contributed by atoms with Crippen LogP contribution in [-0.4, -0.2) is 28.9 Å². The van der Waals surface area contributed by atoms with Crippen LogP contribution < -0.4 is 0 Å². The zero-order chi connectivity index (χ0) is 11.3. The van der Waals surface area contributed by atoms with Crippen LogP contribution in [0.1, 0.15) is 19.5 Å². The number of ether oxygens (including phenoxy) is 1. The van der Waals surface area contributed by atoms with E-state index in [1.165, 1.54) is 0 Å². The van der Waals surface area contributed by atoms with Crippen LogP contribution >= 0.6 is 15.9 Å². The topological polar surface area (TPSA) is 42.4 Å². The van der Waals surface area contributed by atoms with Crippen molar-refractivity contribution in [3.8, 4) is 0 Å². The molecular weight excluding hydrogens is 258 g/mol. The van der Waals surface area contributed by atoms with Crippen LogP contribution in [0.4, 0.5) is 0 Å². The largest absolute Gasteiger partial charge is 0.388 e. The van der Waals surface area contributed by atoms with Crippen LogP contribution in [0.5, 0.6) is 0 Å². The van der Waals surface area contributed by atoms with E-state index in [9.17, 15) is 5.11 Å². The van der Waals surface area contributed by atoms with Crippen LogP contribution in [0.25, 0.3) is 0 Å². The van der Waals surface area contributed by atoms with Gasteiger partial charge in [-0.15, -0.1) is 0 Å². The molecule has 3 nitrogen and oxygen atoms in total. The zero-order valence-electron chi connectivity index (χ0n) is 9.03. The van der Waals surface area contributed by atoms with E-state index in [2.05, 4.69) is 20.9 Å². The molecule has 15 heavy (non-hydrogen) atoms. The molecule has 1 aromatic rings. The van der Waals surface area contributed by atoms with Crippen molar-refractivity contribution in [2.45, 2.75) is 25.9 Å². The minimum atomic E-state index is -0.759.